The van der Waals surface area contributed by atoms with Gasteiger partial charge in [0.25, 0.3) is 0 Å². The summed E-state index contributed by atoms with van der Waals surface area (Å²) in [7, 11) is 0. The summed E-state index contributed by atoms with van der Waals surface area (Å²) in [5.74, 6) is 0.784. The van der Waals surface area contributed by atoms with Gasteiger partial charge in [-0.15, -0.1) is 0 Å². The minimum Gasteiger partial charge on any atom is -0.378 e. The number of nitrogens with zero attached hydrogens (tertiary/aromatic N) is 3. The van der Waals surface area contributed by atoms with Crippen molar-refractivity contribution in [3.8, 4) is 0 Å². The van der Waals surface area contributed by atoms with Crippen LogP contribution in [0.4, 0.5) is 0 Å². The number of carbonyl (C=O) groups is 1. The van der Waals surface area contributed by atoms with Gasteiger partial charge in [0, 0.05) is 51.0 Å². The molecule has 0 radical (unpaired) electrons. The lowest BCUT2D eigenvalue weighted by molar-refractivity contribution is -0.138. The summed E-state index contributed by atoms with van der Waals surface area (Å²) >= 11 is 0. The van der Waals surface area contributed by atoms with Crippen molar-refractivity contribution < 1.29 is 14.3 Å². The summed E-state index contributed by atoms with van der Waals surface area (Å²) in [6.07, 6.45) is 5.60. The molecule has 0 saturated carbocycles. The maximum Gasteiger partial charge on any atom is 0.225 e. The van der Waals surface area contributed by atoms with E-state index in [2.05, 4.69) is 22.0 Å². The summed E-state index contributed by atoms with van der Waals surface area (Å²) in [5.41, 5.74) is 1.30. The molecule has 1 amide bonds. The van der Waals surface area contributed by atoms with E-state index in [0.717, 1.165) is 39.1 Å². The third-order valence-corrected chi connectivity index (χ3v) is 5.31. The second kappa shape index (κ2) is 7.17. The van der Waals surface area contributed by atoms with Crippen molar-refractivity contribution >= 4 is 5.91 Å². The number of aromatic nitrogens is 1. The van der Waals surface area contributed by atoms with Crippen molar-refractivity contribution in [2.24, 2.45) is 5.92 Å². The average molecular weight is 331 g/mol. The van der Waals surface area contributed by atoms with Crippen LogP contribution in [0.15, 0.2) is 24.5 Å². The fourth-order valence-corrected chi connectivity index (χ4v) is 4.09. The number of fused-ring (bicyclic) bond motifs is 1. The normalized spacial score (nSPS) is 30.5. The smallest absolute Gasteiger partial charge is 0.225 e. The largest absolute Gasteiger partial charge is 0.378 e. The van der Waals surface area contributed by atoms with Crippen LogP contribution in [0.1, 0.15) is 18.4 Å². The number of rotatable bonds is 4. The Morgan fingerprint density at radius 1 is 1.21 bits per heavy atom. The van der Waals surface area contributed by atoms with E-state index < -0.39 is 0 Å². The molecule has 3 aliphatic rings. The summed E-state index contributed by atoms with van der Waals surface area (Å²) in [4.78, 5) is 20.8. The molecule has 0 N–H and O–H groups in total. The van der Waals surface area contributed by atoms with E-state index in [9.17, 15) is 4.79 Å². The summed E-state index contributed by atoms with van der Waals surface area (Å²) < 4.78 is 11.5. The van der Waals surface area contributed by atoms with Gasteiger partial charge in [0.1, 0.15) is 0 Å². The molecule has 3 fully saturated rings. The van der Waals surface area contributed by atoms with E-state index in [1.807, 2.05) is 17.3 Å². The van der Waals surface area contributed by atoms with Crippen molar-refractivity contribution in [2.45, 2.75) is 31.6 Å². The number of pyridine rings is 1. The Hall–Kier alpha value is -1.50. The lowest BCUT2D eigenvalue weighted by Gasteiger charge is -2.28. The molecule has 6 heteroatoms. The van der Waals surface area contributed by atoms with Crippen molar-refractivity contribution in [1.82, 2.24) is 14.8 Å². The Kier molecular flexibility index (Phi) is 4.78. The van der Waals surface area contributed by atoms with Gasteiger partial charge in [0.05, 0.1) is 31.8 Å². The van der Waals surface area contributed by atoms with Gasteiger partial charge in [0.2, 0.25) is 5.91 Å². The Morgan fingerprint density at radius 3 is 2.75 bits per heavy atom. The molecular formula is C18H25N3O3. The molecule has 3 atom stereocenters. The number of carbonyl (C=O) groups excluding carboxylic acids is 1. The van der Waals surface area contributed by atoms with Crippen LogP contribution in [0.2, 0.25) is 0 Å². The van der Waals surface area contributed by atoms with Gasteiger partial charge < -0.3 is 14.4 Å². The Bertz CT molecular complexity index is 548. The second-order valence-corrected chi connectivity index (χ2v) is 7.04. The third kappa shape index (κ3) is 3.61. The predicted octanol–water partition coefficient (Wildman–Crippen LogP) is 0.920. The molecule has 1 aromatic heterocycles. The number of likely N-dealkylation sites (tertiary alicyclic amines) is 1. The summed E-state index contributed by atoms with van der Waals surface area (Å²) in [5, 5.41) is 0. The van der Waals surface area contributed by atoms with Gasteiger partial charge in [-0.05, 0) is 24.1 Å². The van der Waals surface area contributed by atoms with Gasteiger partial charge >= 0.3 is 0 Å². The van der Waals surface area contributed by atoms with E-state index in [1.165, 1.54) is 5.56 Å². The fourth-order valence-electron chi connectivity index (χ4n) is 4.09. The van der Waals surface area contributed by atoms with Crippen LogP contribution >= 0.6 is 0 Å². The van der Waals surface area contributed by atoms with Crippen molar-refractivity contribution in [1.29, 1.82) is 0 Å². The van der Waals surface area contributed by atoms with Crippen LogP contribution in [-0.4, -0.2) is 72.3 Å². The lowest BCUT2D eigenvalue weighted by Crippen LogP contribution is -2.42. The summed E-state index contributed by atoms with van der Waals surface area (Å²) in [6, 6.07) is 4.14. The van der Waals surface area contributed by atoms with Crippen LogP contribution < -0.4 is 0 Å². The SMILES string of the molecule is O=C(C[C@@H]1C[C@@H]2CN(Cc3ccncc3)C[C@@H]2O1)N1CCOCC1. The molecule has 24 heavy (non-hydrogen) atoms. The van der Waals surface area contributed by atoms with Gasteiger partial charge in [-0.3, -0.25) is 14.7 Å². The first-order valence-corrected chi connectivity index (χ1v) is 8.90. The van der Waals surface area contributed by atoms with Crippen LogP contribution in [0.25, 0.3) is 0 Å². The first kappa shape index (κ1) is 16.0. The number of morpholine rings is 1. The van der Waals surface area contributed by atoms with Crippen LogP contribution in [0.3, 0.4) is 0 Å². The lowest BCUT2D eigenvalue weighted by atomic mass is 10.0. The molecule has 4 heterocycles. The topological polar surface area (TPSA) is 54.9 Å². The minimum absolute atomic E-state index is 0.0958. The van der Waals surface area contributed by atoms with Crippen LogP contribution in [-0.2, 0) is 20.8 Å². The van der Waals surface area contributed by atoms with Gasteiger partial charge in [-0.2, -0.15) is 0 Å². The first-order valence-electron chi connectivity index (χ1n) is 8.90. The number of amides is 1. The van der Waals surface area contributed by atoms with Crippen molar-refractivity contribution in [3.05, 3.63) is 30.1 Å². The monoisotopic (exact) mass is 331 g/mol. The van der Waals surface area contributed by atoms with E-state index in [1.54, 1.807) is 0 Å². The zero-order valence-corrected chi connectivity index (χ0v) is 14.0. The van der Waals surface area contributed by atoms with Crippen LogP contribution in [0.5, 0.6) is 0 Å². The molecular weight excluding hydrogens is 306 g/mol. The molecule has 0 spiro atoms. The fraction of sp³-hybridized carbons (Fsp3) is 0.667. The zero-order valence-electron chi connectivity index (χ0n) is 14.0. The highest BCUT2D eigenvalue weighted by atomic mass is 16.5. The van der Waals surface area contributed by atoms with E-state index in [4.69, 9.17) is 9.47 Å². The van der Waals surface area contributed by atoms with Gasteiger partial charge in [-0.1, -0.05) is 0 Å². The Labute approximate surface area is 142 Å². The molecule has 3 saturated heterocycles. The molecule has 0 aliphatic carbocycles. The highest BCUT2D eigenvalue weighted by Gasteiger charge is 2.42. The van der Waals surface area contributed by atoms with Gasteiger partial charge in [-0.25, -0.2) is 0 Å². The third-order valence-electron chi connectivity index (χ3n) is 5.31. The van der Waals surface area contributed by atoms with E-state index >= 15 is 0 Å². The molecule has 4 rings (SSSR count). The zero-order chi connectivity index (χ0) is 16.4. The molecule has 1 aromatic rings. The highest BCUT2D eigenvalue weighted by Crippen LogP contribution is 2.35. The van der Waals surface area contributed by atoms with Crippen LogP contribution in [0, 0.1) is 5.92 Å². The van der Waals surface area contributed by atoms with Gasteiger partial charge in [0.15, 0.2) is 0 Å². The standard InChI is InChI=1S/C18H25N3O3/c22-18(21-5-7-23-8-6-21)10-16-9-15-12-20(13-17(15)24-16)11-14-1-3-19-4-2-14/h1-4,15-17H,5-13H2/t15-,16+,17+/m1/s1. The number of ether oxygens (including phenoxy) is 2. The molecule has 0 unspecified atom stereocenters. The maximum absolute atomic E-state index is 12.4. The minimum atomic E-state index is 0.0958. The summed E-state index contributed by atoms with van der Waals surface area (Å²) in [6.45, 7) is 5.75. The molecule has 6 nitrogen and oxygen atoms in total. The highest BCUT2D eigenvalue weighted by molar-refractivity contribution is 5.76. The molecule has 0 bridgehead atoms. The van der Waals surface area contributed by atoms with Crippen molar-refractivity contribution in [2.75, 3.05) is 39.4 Å². The Morgan fingerprint density at radius 2 is 2.00 bits per heavy atom. The molecule has 0 aromatic carbocycles. The quantitative estimate of drug-likeness (QED) is 0.821. The Balaban J connectivity index is 1.24. The van der Waals surface area contributed by atoms with E-state index in [-0.39, 0.29) is 18.1 Å². The first-order chi connectivity index (χ1) is 11.8. The van der Waals surface area contributed by atoms with Crippen molar-refractivity contribution in [3.63, 3.8) is 0 Å². The predicted molar refractivity (Wildman–Crippen MR) is 88.3 cm³/mol. The maximum atomic E-state index is 12.4. The number of hydrogen-bond acceptors (Lipinski definition) is 5. The molecule has 130 valence electrons. The second-order valence-electron chi connectivity index (χ2n) is 7.04. The molecule has 3 aliphatic heterocycles. The van der Waals surface area contributed by atoms with E-state index in [0.29, 0.717) is 25.6 Å². The average Bonchev–Trinajstić information content (AvgIpc) is 3.14. The number of hydrogen-bond donors (Lipinski definition) is 0.